The van der Waals surface area contributed by atoms with Gasteiger partial charge in [0.1, 0.15) is 5.65 Å². The summed E-state index contributed by atoms with van der Waals surface area (Å²) in [6, 6.07) is 3.93. The topological polar surface area (TPSA) is 108 Å². The normalized spacial score (nSPS) is 10.8. The van der Waals surface area contributed by atoms with Gasteiger partial charge in [-0.25, -0.2) is 14.9 Å². The van der Waals surface area contributed by atoms with E-state index in [0.717, 1.165) is 16.9 Å². The minimum Gasteiger partial charge on any atom is -0.344 e. The van der Waals surface area contributed by atoms with Crippen LogP contribution in [0.1, 0.15) is 21.9 Å². The van der Waals surface area contributed by atoms with Crippen LogP contribution in [0.4, 0.5) is 0 Å². The van der Waals surface area contributed by atoms with Crippen LogP contribution in [0.3, 0.4) is 0 Å². The van der Waals surface area contributed by atoms with Gasteiger partial charge in [-0.2, -0.15) is 0 Å². The minimum absolute atomic E-state index is 0.0467. The zero-order chi connectivity index (χ0) is 14.1. The molecule has 3 N–H and O–H groups in total. The van der Waals surface area contributed by atoms with Crippen molar-refractivity contribution in [2.75, 3.05) is 0 Å². The molecule has 0 aliphatic carbocycles. The minimum atomic E-state index is -0.515. The van der Waals surface area contributed by atoms with Gasteiger partial charge in [0, 0.05) is 12.4 Å². The number of nitrogens with one attached hydrogen (secondary N) is 3. The summed E-state index contributed by atoms with van der Waals surface area (Å²) >= 11 is 0. The molecular formula is C12H12N6O2. The second kappa shape index (κ2) is 4.65. The standard InChI is InChI=1S/C12H12N6O2/c1-7-2-3-18-6-8(14-9(18)4-7)5-13-11(19)10-15-12(20)17-16-10/h2-4,6H,5H2,1H3,(H,13,19)(H2,15,16,17,20). The maximum atomic E-state index is 11.7. The van der Waals surface area contributed by atoms with Crippen molar-refractivity contribution >= 4 is 11.6 Å². The maximum absolute atomic E-state index is 11.7. The van der Waals surface area contributed by atoms with Gasteiger partial charge in [-0.3, -0.25) is 9.78 Å². The van der Waals surface area contributed by atoms with Gasteiger partial charge < -0.3 is 9.72 Å². The van der Waals surface area contributed by atoms with Crippen LogP contribution in [-0.2, 0) is 6.54 Å². The molecule has 0 unspecified atom stereocenters. The molecular weight excluding hydrogens is 260 g/mol. The molecule has 3 heterocycles. The van der Waals surface area contributed by atoms with E-state index in [1.807, 2.05) is 35.9 Å². The van der Waals surface area contributed by atoms with Crippen LogP contribution in [0.5, 0.6) is 0 Å². The Labute approximate surface area is 112 Å². The maximum Gasteiger partial charge on any atom is 0.341 e. The quantitative estimate of drug-likeness (QED) is 0.622. The molecule has 3 rings (SSSR count). The van der Waals surface area contributed by atoms with Crippen molar-refractivity contribution in [3.8, 4) is 0 Å². The third-order valence-corrected chi connectivity index (χ3v) is 2.81. The summed E-state index contributed by atoms with van der Waals surface area (Å²) in [6.45, 7) is 2.25. The first-order valence-corrected chi connectivity index (χ1v) is 5.99. The Bertz CT molecular complexity index is 828. The Morgan fingerprint density at radius 1 is 1.50 bits per heavy atom. The van der Waals surface area contributed by atoms with Crippen LogP contribution in [0, 0.1) is 6.92 Å². The first-order valence-electron chi connectivity index (χ1n) is 5.99. The van der Waals surface area contributed by atoms with Crippen LogP contribution in [0.25, 0.3) is 5.65 Å². The monoisotopic (exact) mass is 272 g/mol. The molecule has 20 heavy (non-hydrogen) atoms. The van der Waals surface area contributed by atoms with Crippen LogP contribution in [0.2, 0.25) is 0 Å². The van der Waals surface area contributed by atoms with E-state index in [4.69, 9.17) is 0 Å². The molecule has 0 atom stereocenters. The fraction of sp³-hybridized carbons (Fsp3) is 0.167. The highest BCUT2D eigenvalue weighted by atomic mass is 16.2. The average Bonchev–Trinajstić information content (AvgIpc) is 3.01. The van der Waals surface area contributed by atoms with E-state index in [1.54, 1.807) is 0 Å². The summed E-state index contributed by atoms with van der Waals surface area (Å²) in [5.41, 5.74) is 2.15. The van der Waals surface area contributed by atoms with E-state index in [2.05, 4.69) is 25.5 Å². The first-order chi connectivity index (χ1) is 9.61. The Morgan fingerprint density at radius 3 is 3.10 bits per heavy atom. The number of hydrogen-bond donors (Lipinski definition) is 3. The number of nitrogens with zero attached hydrogens (tertiary/aromatic N) is 3. The lowest BCUT2D eigenvalue weighted by Gasteiger charge is -1.98. The van der Waals surface area contributed by atoms with Gasteiger partial charge in [0.15, 0.2) is 0 Å². The van der Waals surface area contributed by atoms with E-state index in [1.165, 1.54) is 0 Å². The summed E-state index contributed by atoms with van der Waals surface area (Å²) in [4.78, 5) is 29.2. The number of aryl methyl sites for hydroxylation is 1. The molecule has 3 aromatic heterocycles. The highest BCUT2D eigenvalue weighted by Gasteiger charge is 2.10. The molecule has 0 radical (unpaired) electrons. The lowest BCUT2D eigenvalue weighted by atomic mass is 10.3. The molecule has 0 aliphatic heterocycles. The van der Waals surface area contributed by atoms with E-state index in [0.29, 0.717) is 0 Å². The van der Waals surface area contributed by atoms with E-state index in [9.17, 15) is 9.59 Å². The SMILES string of the molecule is Cc1ccn2cc(CNC(=O)c3n[nH]c(=O)[nH]3)nc2c1. The molecule has 0 aliphatic rings. The van der Waals surface area contributed by atoms with Crippen LogP contribution in [-0.4, -0.2) is 30.5 Å². The number of pyridine rings is 1. The molecule has 0 spiro atoms. The predicted octanol–water partition coefficient (Wildman–Crippen LogP) is -0.0159. The van der Waals surface area contributed by atoms with Gasteiger partial charge >= 0.3 is 5.69 Å². The lowest BCUT2D eigenvalue weighted by Crippen LogP contribution is -2.24. The van der Waals surface area contributed by atoms with Crippen LogP contribution in [0.15, 0.2) is 29.3 Å². The third-order valence-electron chi connectivity index (χ3n) is 2.81. The summed E-state index contributed by atoms with van der Waals surface area (Å²) in [7, 11) is 0. The highest BCUT2D eigenvalue weighted by Crippen LogP contribution is 2.07. The molecule has 1 amide bonds. The molecule has 0 aromatic carbocycles. The number of aromatic nitrogens is 5. The molecule has 3 aromatic rings. The van der Waals surface area contributed by atoms with Gasteiger partial charge in [-0.1, -0.05) is 0 Å². The Kier molecular flexibility index (Phi) is 2.82. The van der Waals surface area contributed by atoms with Gasteiger partial charge in [-0.15, -0.1) is 5.10 Å². The van der Waals surface area contributed by atoms with Crippen molar-refractivity contribution in [1.29, 1.82) is 0 Å². The average molecular weight is 272 g/mol. The number of hydrogen-bond acceptors (Lipinski definition) is 4. The second-order valence-electron chi connectivity index (χ2n) is 4.41. The van der Waals surface area contributed by atoms with Crippen LogP contribution >= 0.6 is 0 Å². The number of aromatic amines is 2. The van der Waals surface area contributed by atoms with Gasteiger partial charge in [0.2, 0.25) is 5.82 Å². The molecule has 8 heteroatoms. The van der Waals surface area contributed by atoms with Crippen molar-refractivity contribution < 1.29 is 4.79 Å². The lowest BCUT2D eigenvalue weighted by molar-refractivity contribution is 0.0940. The zero-order valence-electron chi connectivity index (χ0n) is 10.7. The second-order valence-corrected chi connectivity index (χ2v) is 4.41. The summed E-state index contributed by atoms with van der Waals surface area (Å²) in [6.07, 6.45) is 3.75. The van der Waals surface area contributed by atoms with E-state index < -0.39 is 11.6 Å². The Hall–Kier alpha value is -2.90. The number of carbonyl (C=O) groups excluding carboxylic acids is 1. The summed E-state index contributed by atoms with van der Waals surface area (Å²) < 4.78 is 1.88. The number of H-pyrrole nitrogens is 2. The van der Waals surface area contributed by atoms with Gasteiger partial charge in [0.05, 0.1) is 12.2 Å². The Balaban J connectivity index is 1.73. The number of rotatable bonds is 3. The zero-order valence-corrected chi connectivity index (χ0v) is 10.7. The molecule has 102 valence electrons. The molecule has 0 fully saturated rings. The first kappa shape index (κ1) is 12.2. The summed E-state index contributed by atoms with van der Waals surface area (Å²) in [5, 5.41) is 8.32. The van der Waals surface area contributed by atoms with Crippen molar-refractivity contribution in [3.63, 3.8) is 0 Å². The fourth-order valence-electron chi connectivity index (χ4n) is 1.85. The van der Waals surface area contributed by atoms with Crippen molar-refractivity contribution in [2.24, 2.45) is 0 Å². The van der Waals surface area contributed by atoms with Gasteiger partial charge in [-0.05, 0) is 24.6 Å². The number of amides is 1. The molecule has 8 nitrogen and oxygen atoms in total. The van der Waals surface area contributed by atoms with Crippen molar-refractivity contribution in [1.82, 2.24) is 29.9 Å². The van der Waals surface area contributed by atoms with E-state index >= 15 is 0 Å². The molecule has 0 saturated heterocycles. The fourth-order valence-corrected chi connectivity index (χ4v) is 1.85. The molecule has 0 saturated carbocycles. The predicted molar refractivity (Wildman–Crippen MR) is 70.3 cm³/mol. The molecule has 0 bridgehead atoms. The smallest absolute Gasteiger partial charge is 0.341 e. The highest BCUT2D eigenvalue weighted by molar-refractivity contribution is 5.90. The van der Waals surface area contributed by atoms with Crippen LogP contribution < -0.4 is 11.0 Å². The summed E-state index contributed by atoms with van der Waals surface area (Å²) in [5.74, 6) is -0.508. The third kappa shape index (κ3) is 2.30. The van der Waals surface area contributed by atoms with Gasteiger partial charge in [0.25, 0.3) is 5.91 Å². The number of fused-ring (bicyclic) bond motifs is 1. The van der Waals surface area contributed by atoms with E-state index in [-0.39, 0.29) is 12.4 Å². The largest absolute Gasteiger partial charge is 0.344 e. The number of imidazole rings is 1. The number of carbonyl (C=O) groups is 1. The van der Waals surface area contributed by atoms with Crippen molar-refractivity contribution in [2.45, 2.75) is 13.5 Å². The Morgan fingerprint density at radius 2 is 2.35 bits per heavy atom. The van der Waals surface area contributed by atoms with Crippen molar-refractivity contribution in [3.05, 3.63) is 52.1 Å².